The van der Waals surface area contributed by atoms with E-state index in [0.29, 0.717) is 11.1 Å². The molecular formula is C35H33N3O2. The van der Waals surface area contributed by atoms with Crippen molar-refractivity contribution < 1.29 is 9.59 Å². The smallest absolute Gasteiger partial charge is 0.150 e. The fourth-order valence-corrected chi connectivity index (χ4v) is 6.52. The van der Waals surface area contributed by atoms with Crippen molar-refractivity contribution in [2.75, 3.05) is 0 Å². The second kappa shape index (κ2) is 9.17. The highest BCUT2D eigenvalue weighted by atomic mass is 16.1. The van der Waals surface area contributed by atoms with Crippen molar-refractivity contribution in [3.63, 3.8) is 0 Å². The Balaban J connectivity index is 1.47. The van der Waals surface area contributed by atoms with Gasteiger partial charge < -0.3 is 9.13 Å². The van der Waals surface area contributed by atoms with E-state index >= 15 is 0 Å². The first-order valence-electron chi connectivity index (χ1n) is 14.1. The molecule has 4 aliphatic rings. The summed E-state index contributed by atoms with van der Waals surface area (Å²) >= 11 is 0. The number of hydrogen-bond donors (Lipinski definition) is 0. The molecule has 5 heteroatoms. The Labute approximate surface area is 233 Å². The molecule has 0 radical (unpaired) electrons. The molecule has 0 atom stereocenters. The largest absolute Gasteiger partial charge is 0.340 e. The van der Waals surface area contributed by atoms with E-state index in [1.165, 1.54) is 32.9 Å². The van der Waals surface area contributed by atoms with E-state index in [4.69, 9.17) is 0 Å². The molecule has 0 unspecified atom stereocenters. The van der Waals surface area contributed by atoms with Crippen LogP contribution in [-0.4, -0.2) is 32.1 Å². The van der Waals surface area contributed by atoms with Crippen LogP contribution in [0.2, 0.25) is 0 Å². The van der Waals surface area contributed by atoms with Gasteiger partial charge in [-0.1, -0.05) is 12.1 Å². The summed E-state index contributed by atoms with van der Waals surface area (Å²) in [7, 11) is 0. The molecule has 0 amide bonds. The molecule has 0 aliphatic carbocycles. The van der Waals surface area contributed by atoms with Crippen molar-refractivity contribution in [1.82, 2.24) is 14.0 Å². The molecule has 6 aromatic rings. The zero-order valence-corrected chi connectivity index (χ0v) is 23.3. The van der Waals surface area contributed by atoms with Crippen molar-refractivity contribution in [3.8, 4) is 0 Å². The molecule has 200 valence electrons. The lowest BCUT2D eigenvalue weighted by molar-refractivity contribution is 0.111. The van der Waals surface area contributed by atoms with Gasteiger partial charge in [-0.2, -0.15) is 0 Å². The summed E-state index contributed by atoms with van der Waals surface area (Å²) in [5, 5.41) is 4.68. The maximum absolute atomic E-state index is 11.7. The summed E-state index contributed by atoms with van der Waals surface area (Å²) in [5.41, 5.74) is 8.63. The van der Waals surface area contributed by atoms with Gasteiger partial charge in [-0.15, -0.1) is 0 Å². The first-order chi connectivity index (χ1) is 19.3. The standard InChI is InChI=1S/C35H33N3O2/c1-35(2,3)36-19-23-5-9-31-27(15-23)29-17-25(21-39)7-11-33(29)37(31)13-4-14-38-32-10-6-24(20-36)16-28(32)30-18-26(22-40)8-12-34(30)38/h5-12,15-18,21-22H,4,13-14,19-20H2,1-3H3. The number of nitrogens with zero attached hydrogens (tertiary/aromatic N) is 3. The van der Waals surface area contributed by atoms with Crippen molar-refractivity contribution in [2.45, 2.75) is 58.9 Å². The molecule has 5 nitrogen and oxygen atoms in total. The number of rotatable bonds is 2. The number of aryl methyl sites for hydroxylation is 2. The van der Waals surface area contributed by atoms with Crippen molar-refractivity contribution in [3.05, 3.63) is 95.1 Å². The SMILES string of the molecule is CC(C)(C)N1Cc2ccc3c(c2)c2cc(C=O)ccc2n3CCCn2c3ccc(C=O)cc3c3cc(ccc32)C1. The molecule has 10 rings (SSSR count). The molecule has 0 N–H and O–H groups in total. The number of aldehydes is 2. The van der Waals surface area contributed by atoms with E-state index < -0.39 is 0 Å². The van der Waals surface area contributed by atoms with E-state index in [1.54, 1.807) is 0 Å². The fourth-order valence-electron chi connectivity index (χ4n) is 6.52. The topological polar surface area (TPSA) is 47.2 Å². The van der Waals surface area contributed by atoms with Crippen molar-refractivity contribution in [2.24, 2.45) is 0 Å². The molecule has 0 spiro atoms. The number of benzene rings is 4. The quantitative estimate of drug-likeness (QED) is 0.217. The van der Waals surface area contributed by atoms with Crippen LogP contribution in [0.15, 0.2) is 72.8 Å². The van der Waals surface area contributed by atoms with Gasteiger partial charge in [-0.3, -0.25) is 14.5 Å². The van der Waals surface area contributed by atoms with Crippen LogP contribution in [0, 0.1) is 0 Å². The highest BCUT2D eigenvalue weighted by Gasteiger charge is 2.23. The second-order valence-electron chi connectivity index (χ2n) is 12.2. The monoisotopic (exact) mass is 527 g/mol. The average molecular weight is 528 g/mol. The second-order valence-corrected chi connectivity index (χ2v) is 12.2. The van der Waals surface area contributed by atoms with Crippen LogP contribution in [-0.2, 0) is 26.2 Å². The summed E-state index contributed by atoms with van der Waals surface area (Å²) in [4.78, 5) is 25.9. The Bertz CT molecular complexity index is 1830. The first-order valence-corrected chi connectivity index (χ1v) is 14.1. The van der Waals surface area contributed by atoms with E-state index in [-0.39, 0.29) is 5.54 Å². The van der Waals surface area contributed by atoms with Gasteiger partial charge >= 0.3 is 0 Å². The number of carbonyl (C=O) groups is 2. The van der Waals surface area contributed by atoms with Gasteiger partial charge in [0.1, 0.15) is 12.6 Å². The minimum atomic E-state index is -0.0489. The molecule has 0 saturated carbocycles. The lowest BCUT2D eigenvalue weighted by Crippen LogP contribution is -2.40. The number of hydrogen-bond acceptors (Lipinski definition) is 3. The van der Waals surface area contributed by atoms with Gasteiger partial charge in [0.05, 0.1) is 0 Å². The summed E-state index contributed by atoms with van der Waals surface area (Å²) in [5.74, 6) is 0. The molecule has 40 heavy (non-hydrogen) atoms. The lowest BCUT2D eigenvalue weighted by Gasteiger charge is -2.36. The zero-order valence-electron chi connectivity index (χ0n) is 23.3. The average Bonchev–Trinajstić information content (AvgIpc) is 3.42. The maximum Gasteiger partial charge on any atom is 0.150 e. The van der Waals surface area contributed by atoms with Gasteiger partial charge in [-0.05, 0) is 99.0 Å². The third-order valence-electron chi connectivity index (χ3n) is 8.64. The molecule has 4 aromatic carbocycles. The molecular weight excluding hydrogens is 494 g/mol. The van der Waals surface area contributed by atoms with E-state index in [1.807, 2.05) is 24.3 Å². The Morgan fingerprint density at radius 2 is 0.975 bits per heavy atom. The summed E-state index contributed by atoms with van der Waals surface area (Å²) in [6.45, 7) is 10.2. The molecule has 6 heterocycles. The van der Waals surface area contributed by atoms with Gasteiger partial charge in [0.25, 0.3) is 0 Å². The minimum absolute atomic E-state index is 0.0489. The summed E-state index contributed by atoms with van der Waals surface area (Å²) in [6, 6.07) is 25.8. The zero-order chi connectivity index (χ0) is 27.6. The minimum Gasteiger partial charge on any atom is -0.340 e. The van der Waals surface area contributed by atoms with Crippen LogP contribution in [0.4, 0.5) is 0 Å². The van der Waals surface area contributed by atoms with Crippen LogP contribution >= 0.6 is 0 Å². The summed E-state index contributed by atoms with van der Waals surface area (Å²) < 4.78 is 4.82. The van der Waals surface area contributed by atoms with Gasteiger partial charge in [0.2, 0.25) is 0 Å². The predicted octanol–water partition coefficient (Wildman–Crippen LogP) is 7.73. The normalized spacial score (nSPS) is 15.0. The van der Waals surface area contributed by atoms with E-state index in [0.717, 1.165) is 67.0 Å². The Kier molecular flexibility index (Phi) is 5.69. The molecule has 2 aromatic heterocycles. The van der Waals surface area contributed by atoms with Gasteiger partial charge in [0, 0.05) is 86.5 Å². The third kappa shape index (κ3) is 3.96. The summed E-state index contributed by atoms with van der Waals surface area (Å²) in [6.07, 6.45) is 2.82. The maximum atomic E-state index is 11.7. The van der Waals surface area contributed by atoms with E-state index in [2.05, 4.69) is 83.3 Å². The van der Waals surface area contributed by atoms with Crippen LogP contribution in [0.1, 0.15) is 59.0 Å². The van der Waals surface area contributed by atoms with Crippen LogP contribution in [0.25, 0.3) is 43.6 Å². The lowest BCUT2D eigenvalue weighted by atomic mass is 10.0. The van der Waals surface area contributed by atoms with Crippen LogP contribution in [0.3, 0.4) is 0 Å². The van der Waals surface area contributed by atoms with Gasteiger partial charge in [-0.25, -0.2) is 0 Å². The van der Waals surface area contributed by atoms with Crippen LogP contribution in [0.5, 0.6) is 0 Å². The predicted molar refractivity (Wildman–Crippen MR) is 163 cm³/mol. The third-order valence-corrected chi connectivity index (χ3v) is 8.64. The molecule has 8 bridgehead atoms. The van der Waals surface area contributed by atoms with Crippen molar-refractivity contribution in [1.29, 1.82) is 0 Å². The molecule has 0 saturated heterocycles. The molecule has 0 fully saturated rings. The van der Waals surface area contributed by atoms with Gasteiger partial charge in [0.15, 0.2) is 0 Å². The Morgan fingerprint density at radius 3 is 1.38 bits per heavy atom. The Morgan fingerprint density at radius 1 is 0.575 bits per heavy atom. The highest BCUT2D eigenvalue weighted by Crippen LogP contribution is 2.35. The fraction of sp³-hybridized carbons (Fsp3) is 0.257. The first kappa shape index (κ1) is 24.8. The molecule has 4 aliphatic heterocycles. The number of carbonyl (C=O) groups excluding carboxylic acids is 2. The van der Waals surface area contributed by atoms with Crippen LogP contribution < -0.4 is 0 Å². The number of fused-ring (bicyclic) bond motifs is 2. The Hall–Kier alpha value is -4.22. The van der Waals surface area contributed by atoms with E-state index in [9.17, 15) is 9.59 Å². The highest BCUT2D eigenvalue weighted by molar-refractivity contribution is 6.10. The van der Waals surface area contributed by atoms with Crippen molar-refractivity contribution >= 4 is 56.2 Å². The number of aromatic nitrogens is 2.